The maximum atomic E-state index is 13.8. The summed E-state index contributed by atoms with van der Waals surface area (Å²) in [5, 5.41) is 3.31. The fourth-order valence-corrected chi connectivity index (χ4v) is 2.18. The Labute approximate surface area is 97.6 Å². The minimum atomic E-state index is -0.153. The number of hydrogen-bond acceptors (Lipinski definition) is 2. The lowest BCUT2D eigenvalue weighted by Gasteiger charge is -2.23. The van der Waals surface area contributed by atoms with Gasteiger partial charge in [-0.2, -0.15) is 0 Å². The van der Waals surface area contributed by atoms with E-state index >= 15 is 0 Å². The van der Waals surface area contributed by atoms with Gasteiger partial charge in [-0.15, -0.1) is 0 Å². The van der Waals surface area contributed by atoms with Crippen LogP contribution in [0.25, 0.3) is 0 Å². The lowest BCUT2D eigenvalue weighted by Crippen LogP contribution is -2.28. The highest BCUT2D eigenvalue weighted by atomic mass is 79.9. The molecule has 2 nitrogen and oxygen atoms in total. The highest BCUT2D eigenvalue weighted by Gasteiger charge is 2.14. The van der Waals surface area contributed by atoms with Crippen molar-refractivity contribution in [1.29, 1.82) is 0 Å². The number of rotatable bonds is 1. The molecule has 0 amide bonds. The van der Waals surface area contributed by atoms with Crippen LogP contribution in [0.3, 0.4) is 0 Å². The molecule has 1 N–H and O–H groups in total. The largest absolute Gasteiger partial charge is 0.368 e. The molecular weight excluding hydrogens is 259 g/mol. The van der Waals surface area contributed by atoms with Crippen LogP contribution in [-0.4, -0.2) is 26.2 Å². The first-order chi connectivity index (χ1) is 7.29. The SMILES string of the molecule is Fc1c(Br)cccc1N1CCCNCC1. The molecule has 1 aromatic carbocycles. The summed E-state index contributed by atoms with van der Waals surface area (Å²) < 4.78 is 14.3. The van der Waals surface area contributed by atoms with Gasteiger partial charge in [-0.3, -0.25) is 0 Å². The monoisotopic (exact) mass is 272 g/mol. The predicted molar refractivity (Wildman–Crippen MR) is 63.8 cm³/mol. The first-order valence-corrected chi connectivity index (χ1v) is 5.98. The van der Waals surface area contributed by atoms with Crippen molar-refractivity contribution in [2.45, 2.75) is 6.42 Å². The van der Waals surface area contributed by atoms with Crippen LogP contribution < -0.4 is 10.2 Å². The number of halogens is 2. The Morgan fingerprint density at radius 2 is 2.13 bits per heavy atom. The van der Waals surface area contributed by atoms with Gasteiger partial charge in [0.15, 0.2) is 5.82 Å². The van der Waals surface area contributed by atoms with E-state index in [1.807, 2.05) is 12.1 Å². The van der Waals surface area contributed by atoms with Crippen LogP contribution in [0.15, 0.2) is 22.7 Å². The van der Waals surface area contributed by atoms with E-state index in [1.54, 1.807) is 6.07 Å². The van der Waals surface area contributed by atoms with Crippen LogP contribution >= 0.6 is 15.9 Å². The molecule has 1 saturated heterocycles. The Bertz CT molecular complexity index is 335. The summed E-state index contributed by atoms with van der Waals surface area (Å²) in [7, 11) is 0. The van der Waals surface area contributed by atoms with Gasteiger partial charge in [-0.1, -0.05) is 6.07 Å². The van der Waals surface area contributed by atoms with Crippen molar-refractivity contribution in [3.8, 4) is 0 Å². The molecule has 0 atom stereocenters. The van der Waals surface area contributed by atoms with Gasteiger partial charge in [0.1, 0.15) is 0 Å². The minimum Gasteiger partial charge on any atom is -0.368 e. The second kappa shape index (κ2) is 4.94. The highest BCUT2D eigenvalue weighted by molar-refractivity contribution is 9.10. The van der Waals surface area contributed by atoms with Crippen LogP contribution in [0, 0.1) is 5.82 Å². The second-order valence-electron chi connectivity index (χ2n) is 3.66. The smallest absolute Gasteiger partial charge is 0.160 e. The quantitative estimate of drug-likeness (QED) is 0.845. The molecule has 1 aliphatic rings. The number of anilines is 1. The van der Waals surface area contributed by atoms with Gasteiger partial charge < -0.3 is 10.2 Å². The van der Waals surface area contributed by atoms with E-state index < -0.39 is 0 Å². The normalized spacial score (nSPS) is 17.6. The summed E-state index contributed by atoms with van der Waals surface area (Å²) in [5.41, 5.74) is 0.702. The molecule has 0 aliphatic carbocycles. The van der Waals surface area contributed by atoms with Gasteiger partial charge in [-0.05, 0) is 41.0 Å². The molecule has 2 rings (SSSR count). The Hall–Kier alpha value is -0.610. The first-order valence-electron chi connectivity index (χ1n) is 5.19. The maximum Gasteiger partial charge on any atom is 0.160 e. The van der Waals surface area contributed by atoms with E-state index in [0.717, 1.165) is 32.6 Å². The summed E-state index contributed by atoms with van der Waals surface area (Å²) in [6.45, 7) is 3.73. The molecule has 0 radical (unpaired) electrons. The van der Waals surface area contributed by atoms with Crippen LogP contribution in [0.4, 0.5) is 10.1 Å². The molecule has 0 unspecified atom stereocenters. The maximum absolute atomic E-state index is 13.8. The molecule has 0 saturated carbocycles. The number of benzene rings is 1. The molecular formula is C11H14BrFN2. The molecule has 0 spiro atoms. The molecule has 1 aliphatic heterocycles. The van der Waals surface area contributed by atoms with Crippen LogP contribution in [0.1, 0.15) is 6.42 Å². The van der Waals surface area contributed by atoms with E-state index in [0.29, 0.717) is 10.2 Å². The lowest BCUT2D eigenvalue weighted by molar-refractivity contribution is 0.612. The Morgan fingerprint density at radius 3 is 3.00 bits per heavy atom. The van der Waals surface area contributed by atoms with Crippen molar-refractivity contribution >= 4 is 21.6 Å². The molecule has 0 bridgehead atoms. The first kappa shape index (κ1) is 10.9. The predicted octanol–water partition coefficient (Wildman–Crippen LogP) is 2.39. The number of nitrogens with zero attached hydrogens (tertiary/aromatic N) is 1. The summed E-state index contributed by atoms with van der Waals surface area (Å²) in [4.78, 5) is 2.10. The zero-order chi connectivity index (χ0) is 10.7. The standard InChI is InChI=1S/C11H14BrFN2/c12-9-3-1-4-10(11(9)13)15-7-2-5-14-6-8-15/h1,3-4,14H,2,5-8H2. The van der Waals surface area contributed by atoms with Gasteiger partial charge >= 0.3 is 0 Å². The molecule has 1 fully saturated rings. The topological polar surface area (TPSA) is 15.3 Å². The molecule has 82 valence electrons. The average molecular weight is 273 g/mol. The lowest BCUT2D eigenvalue weighted by atomic mass is 10.2. The fraction of sp³-hybridized carbons (Fsp3) is 0.455. The number of nitrogens with one attached hydrogen (secondary N) is 1. The fourth-order valence-electron chi connectivity index (χ4n) is 1.82. The third-order valence-electron chi connectivity index (χ3n) is 2.61. The van der Waals surface area contributed by atoms with Gasteiger partial charge in [-0.25, -0.2) is 4.39 Å². The third kappa shape index (κ3) is 2.49. The van der Waals surface area contributed by atoms with E-state index in [2.05, 4.69) is 26.1 Å². The summed E-state index contributed by atoms with van der Waals surface area (Å²) in [6, 6.07) is 5.45. The van der Waals surface area contributed by atoms with Gasteiger partial charge in [0.05, 0.1) is 10.2 Å². The van der Waals surface area contributed by atoms with Crippen LogP contribution in [0.2, 0.25) is 0 Å². The average Bonchev–Trinajstić information content (AvgIpc) is 2.50. The molecule has 0 aromatic heterocycles. The van der Waals surface area contributed by atoms with E-state index in [9.17, 15) is 4.39 Å². The van der Waals surface area contributed by atoms with Crippen molar-refractivity contribution in [2.75, 3.05) is 31.1 Å². The Morgan fingerprint density at radius 1 is 1.27 bits per heavy atom. The van der Waals surface area contributed by atoms with E-state index in [-0.39, 0.29) is 5.82 Å². The zero-order valence-corrected chi connectivity index (χ0v) is 10.1. The zero-order valence-electron chi connectivity index (χ0n) is 8.47. The van der Waals surface area contributed by atoms with Crippen molar-refractivity contribution in [1.82, 2.24) is 5.32 Å². The van der Waals surface area contributed by atoms with Crippen molar-refractivity contribution < 1.29 is 4.39 Å². The highest BCUT2D eigenvalue weighted by Crippen LogP contribution is 2.26. The van der Waals surface area contributed by atoms with Crippen LogP contribution in [-0.2, 0) is 0 Å². The molecule has 1 aromatic rings. The van der Waals surface area contributed by atoms with Crippen molar-refractivity contribution in [3.05, 3.63) is 28.5 Å². The van der Waals surface area contributed by atoms with E-state index in [4.69, 9.17) is 0 Å². The summed E-state index contributed by atoms with van der Waals surface area (Å²) >= 11 is 3.21. The van der Waals surface area contributed by atoms with E-state index in [1.165, 1.54) is 0 Å². The minimum absolute atomic E-state index is 0.153. The third-order valence-corrected chi connectivity index (χ3v) is 3.22. The van der Waals surface area contributed by atoms with Crippen molar-refractivity contribution in [3.63, 3.8) is 0 Å². The Kier molecular flexibility index (Phi) is 3.59. The molecule has 15 heavy (non-hydrogen) atoms. The van der Waals surface area contributed by atoms with Gasteiger partial charge in [0.2, 0.25) is 0 Å². The van der Waals surface area contributed by atoms with Crippen molar-refractivity contribution in [2.24, 2.45) is 0 Å². The number of hydrogen-bond donors (Lipinski definition) is 1. The van der Waals surface area contributed by atoms with Gasteiger partial charge in [0.25, 0.3) is 0 Å². The Balaban J connectivity index is 2.23. The van der Waals surface area contributed by atoms with Crippen LogP contribution in [0.5, 0.6) is 0 Å². The van der Waals surface area contributed by atoms with Gasteiger partial charge in [0, 0.05) is 19.6 Å². The molecule has 4 heteroatoms. The molecule has 1 heterocycles. The summed E-state index contributed by atoms with van der Waals surface area (Å²) in [5.74, 6) is -0.153. The summed E-state index contributed by atoms with van der Waals surface area (Å²) in [6.07, 6.45) is 1.06. The second-order valence-corrected chi connectivity index (χ2v) is 4.52.